The van der Waals surface area contributed by atoms with Gasteiger partial charge in [0.15, 0.2) is 5.96 Å². The molecule has 0 aromatic carbocycles. The second kappa shape index (κ2) is 12.5. The van der Waals surface area contributed by atoms with Gasteiger partial charge in [0.25, 0.3) is 0 Å². The molecule has 1 aromatic rings. The van der Waals surface area contributed by atoms with Gasteiger partial charge in [-0.3, -0.25) is 4.98 Å². The maximum atomic E-state index is 9.30. The van der Waals surface area contributed by atoms with E-state index in [1.54, 1.807) is 6.20 Å². The number of halogens is 1. The van der Waals surface area contributed by atoms with Crippen LogP contribution in [0.15, 0.2) is 29.4 Å². The van der Waals surface area contributed by atoms with Gasteiger partial charge in [-0.1, -0.05) is 19.9 Å². The van der Waals surface area contributed by atoms with Crippen molar-refractivity contribution >= 4 is 29.9 Å². The number of guanidine groups is 1. The molecule has 0 spiro atoms. The Kier molecular flexibility index (Phi) is 12.0. The minimum atomic E-state index is 0. The lowest BCUT2D eigenvalue weighted by Gasteiger charge is -2.32. The number of aromatic nitrogens is 1. The molecule has 23 heavy (non-hydrogen) atoms. The molecule has 0 aliphatic carbocycles. The van der Waals surface area contributed by atoms with Gasteiger partial charge in [0.1, 0.15) is 0 Å². The van der Waals surface area contributed by atoms with E-state index in [-0.39, 0.29) is 36.0 Å². The summed E-state index contributed by atoms with van der Waals surface area (Å²) >= 11 is 0. The summed E-state index contributed by atoms with van der Waals surface area (Å²) in [4.78, 5) is 8.87. The molecule has 0 radical (unpaired) electrons. The van der Waals surface area contributed by atoms with Crippen LogP contribution in [-0.4, -0.2) is 35.7 Å². The van der Waals surface area contributed by atoms with Crippen LogP contribution < -0.4 is 10.6 Å². The Hall–Kier alpha value is -0.890. The number of aliphatic hydroxyl groups excluding tert-OH is 1. The van der Waals surface area contributed by atoms with Crippen molar-refractivity contribution in [2.45, 2.75) is 46.6 Å². The second-order valence-electron chi connectivity index (χ2n) is 5.55. The molecule has 6 heteroatoms. The Morgan fingerprint density at radius 3 is 2.48 bits per heavy atom. The number of hydrogen-bond donors (Lipinski definition) is 3. The Balaban J connectivity index is 0.00000484. The molecular formula is C17H31IN4O. The van der Waals surface area contributed by atoms with Gasteiger partial charge in [0, 0.05) is 25.9 Å². The third-order valence-corrected chi connectivity index (χ3v) is 4.24. The minimum absolute atomic E-state index is 0. The van der Waals surface area contributed by atoms with Crippen molar-refractivity contribution in [2.75, 3.05) is 19.7 Å². The summed E-state index contributed by atoms with van der Waals surface area (Å²) < 4.78 is 0. The van der Waals surface area contributed by atoms with Crippen LogP contribution in [0.25, 0.3) is 0 Å². The summed E-state index contributed by atoms with van der Waals surface area (Å²) in [5, 5.41) is 16.0. The minimum Gasteiger partial charge on any atom is -0.396 e. The molecule has 0 aliphatic rings. The molecule has 0 atom stereocenters. The Morgan fingerprint density at radius 1 is 1.22 bits per heavy atom. The molecule has 0 bridgehead atoms. The van der Waals surface area contributed by atoms with Crippen LogP contribution in [0.4, 0.5) is 0 Å². The van der Waals surface area contributed by atoms with Gasteiger partial charge in [-0.05, 0) is 43.7 Å². The lowest BCUT2D eigenvalue weighted by molar-refractivity contribution is 0.169. The lowest BCUT2D eigenvalue weighted by Crippen LogP contribution is -2.43. The van der Waals surface area contributed by atoms with E-state index in [1.165, 1.54) is 0 Å². The van der Waals surface area contributed by atoms with Gasteiger partial charge in [-0.2, -0.15) is 0 Å². The monoisotopic (exact) mass is 434 g/mol. The highest BCUT2D eigenvalue weighted by Gasteiger charge is 2.25. The zero-order valence-electron chi connectivity index (χ0n) is 14.5. The van der Waals surface area contributed by atoms with Crippen LogP contribution >= 0.6 is 24.0 Å². The zero-order valence-corrected chi connectivity index (χ0v) is 16.8. The number of rotatable bonds is 9. The maximum Gasteiger partial charge on any atom is 0.191 e. The summed E-state index contributed by atoms with van der Waals surface area (Å²) in [6.07, 6.45) is 4.67. The van der Waals surface area contributed by atoms with Gasteiger partial charge >= 0.3 is 0 Å². The summed E-state index contributed by atoms with van der Waals surface area (Å²) in [5.74, 6) is 0.803. The lowest BCUT2D eigenvalue weighted by atomic mass is 9.79. The van der Waals surface area contributed by atoms with E-state index < -0.39 is 0 Å². The van der Waals surface area contributed by atoms with E-state index in [9.17, 15) is 5.11 Å². The number of aliphatic hydroxyl groups is 1. The SMILES string of the molecule is CCNC(=NCc1ccccn1)NCC(CC)(CC)CCO.I. The highest BCUT2D eigenvalue weighted by atomic mass is 127. The van der Waals surface area contributed by atoms with Crippen LogP contribution in [0.1, 0.15) is 45.7 Å². The predicted molar refractivity (Wildman–Crippen MR) is 107 cm³/mol. The van der Waals surface area contributed by atoms with Crippen molar-refractivity contribution in [3.05, 3.63) is 30.1 Å². The van der Waals surface area contributed by atoms with Crippen LogP contribution in [0.5, 0.6) is 0 Å². The van der Waals surface area contributed by atoms with Crippen molar-refractivity contribution in [3.8, 4) is 0 Å². The zero-order chi connectivity index (χ0) is 16.3. The van der Waals surface area contributed by atoms with Crippen molar-refractivity contribution in [1.82, 2.24) is 15.6 Å². The highest BCUT2D eigenvalue weighted by molar-refractivity contribution is 14.0. The Labute approximate surface area is 157 Å². The van der Waals surface area contributed by atoms with Crippen LogP contribution in [0, 0.1) is 5.41 Å². The topological polar surface area (TPSA) is 69.5 Å². The predicted octanol–water partition coefficient (Wildman–Crippen LogP) is 2.94. The molecule has 0 saturated carbocycles. The number of pyridine rings is 1. The van der Waals surface area contributed by atoms with E-state index in [0.717, 1.165) is 44.0 Å². The van der Waals surface area contributed by atoms with Crippen molar-refractivity contribution in [1.29, 1.82) is 0 Å². The summed E-state index contributed by atoms with van der Waals surface area (Å²) in [5.41, 5.74) is 1.07. The first-order chi connectivity index (χ1) is 10.7. The Morgan fingerprint density at radius 2 is 1.96 bits per heavy atom. The molecule has 132 valence electrons. The molecule has 0 unspecified atom stereocenters. The fourth-order valence-electron chi connectivity index (χ4n) is 2.44. The molecule has 0 aliphatic heterocycles. The van der Waals surface area contributed by atoms with E-state index in [1.807, 2.05) is 18.2 Å². The van der Waals surface area contributed by atoms with Gasteiger partial charge in [0.05, 0.1) is 12.2 Å². The summed E-state index contributed by atoms with van der Waals surface area (Å²) in [6.45, 7) is 8.83. The van der Waals surface area contributed by atoms with Crippen molar-refractivity contribution < 1.29 is 5.11 Å². The fraction of sp³-hybridized carbons (Fsp3) is 0.647. The summed E-state index contributed by atoms with van der Waals surface area (Å²) in [6, 6.07) is 5.85. The first-order valence-corrected chi connectivity index (χ1v) is 8.22. The second-order valence-corrected chi connectivity index (χ2v) is 5.55. The molecule has 0 saturated heterocycles. The molecule has 3 N–H and O–H groups in total. The number of nitrogens with zero attached hydrogens (tertiary/aromatic N) is 2. The molecule has 0 amide bonds. The van der Waals surface area contributed by atoms with Gasteiger partial charge in [-0.25, -0.2) is 4.99 Å². The Bertz CT molecular complexity index is 435. The number of aliphatic imine (C=N–C) groups is 1. The highest BCUT2D eigenvalue weighted by Crippen LogP contribution is 2.29. The average Bonchev–Trinajstić information content (AvgIpc) is 2.57. The van der Waals surface area contributed by atoms with E-state index >= 15 is 0 Å². The molecular weight excluding hydrogens is 403 g/mol. The molecule has 5 nitrogen and oxygen atoms in total. The summed E-state index contributed by atoms with van der Waals surface area (Å²) in [7, 11) is 0. The van der Waals surface area contributed by atoms with Crippen LogP contribution in [-0.2, 0) is 6.54 Å². The smallest absolute Gasteiger partial charge is 0.191 e. The van der Waals surface area contributed by atoms with Gasteiger partial charge < -0.3 is 15.7 Å². The maximum absolute atomic E-state index is 9.30. The molecule has 0 fully saturated rings. The number of hydrogen-bond acceptors (Lipinski definition) is 3. The van der Waals surface area contributed by atoms with Crippen LogP contribution in [0.3, 0.4) is 0 Å². The first-order valence-electron chi connectivity index (χ1n) is 8.22. The van der Waals surface area contributed by atoms with E-state index in [0.29, 0.717) is 6.54 Å². The fourth-order valence-corrected chi connectivity index (χ4v) is 2.44. The third kappa shape index (κ3) is 7.97. The quantitative estimate of drug-likeness (QED) is 0.318. The van der Waals surface area contributed by atoms with Gasteiger partial charge in [-0.15, -0.1) is 24.0 Å². The third-order valence-electron chi connectivity index (χ3n) is 4.24. The van der Waals surface area contributed by atoms with Crippen LogP contribution in [0.2, 0.25) is 0 Å². The van der Waals surface area contributed by atoms with Crippen molar-refractivity contribution in [2.24, 2.45) is 10.4 Å². The number of nitrogens with one attached hydrogen (secondary N) is 2. The standard InChI is InChI=1S/C17H30N4O.HI/c1-4-17(5-2,10-12-22)14-21-16(18-6-3)20-13-15-9-7-8-11-19-15;/h7-9,11,22H,4-6,10,12-14H2,1-3H3,(H2,18,20,21);1H. The molecule has 1 heterocycles. The van der Waals surface area contributed by atoms with Gasteiger partial charge in [0.2, 0.25) is 0 Å². The molecule has 1 rings (SSSR count). The molecule has 1 aromatic heterocycles. The normalized spacial score (nSPS) is 11.7. The largest absolute Gasteiger partial charge is 0.396 e. The van der Waals surface area contributed by atoms with E-state index in [2.05, 4.69) is 41.4 Å². The van der Waals surface area contributed by atoms with Crippen molar-refractivity contribution in [3.63, 3.8) is 0 Å². The first kappa shape index (κ1) is 22.1. The average molecular weight is 434 g/mol. The van der Waals surface area contributed by atoms with E-state index in [4.69, 9.17) is 0 Å².